The quantitative estimate of drug-likeness (QED) is 0.920. The van der Waals surface area contributed by atoms with Crippen LogP contribution in [0.5, 0.6) is 0 Å². The summed E-state index contributed by atoms with van der Waals surface area (Å²) in [6.45, 7) is 9.65. The third-order valence-corrected chi connectivity index (χ3v) is 5.25. The van der Waals surface area contributed by atoms with Crippen molar-refractivity contribution in [3.05, 3.63) is 41.2 Å². The highest BCUT2D eigenvalue weighted by atomic mass is 16.5. The number of amides is 1. The Morgan fingerprint density at radius 3 is 2.72 bits per heavy atom. The summed E-state index contributed by atoms with van der Waals surface area (Å²) in [6.07, 6.45) is 3.65. The first-order valence-electron chi connectivity index (χ1n) is 8.98. The summed E-state index contributed by atoms with van der Waals surface area (Å²) >= 11 is 0. The molecule has 1 saturated heterocycles. The van der Waals surface area contributed by atoms with Crippen molar-refractivity contribution in [2.75, 3.05) is 18.5 Å². The van der Waals surface area contributed by atoms with Crippen molar-refractivity contribution in [3.63, 3.8) is 0 Å². The molecule has 2 heterocycles. The number of aromatic nitrogens is 2. The molecule has 1 atom stereocenters. The standard InChI is InChI=1S/C20H27N3O2/c1-13-5-6-14(2)19(11-13)23-16(4)18(12-21-23)22-20(24)15(3)17-7-9-25-10-8-17/h5-6,11-12,15,17H,7-10H2,1-4H3,(H,22,24)/t15-/m1/s1. The number of nitrogens with one attached hydrogen (secondary N) is 1. The number of ether oxygens (including phenoxy) is 1. The van der Waals surface area contributed by atoms with Crippen molar-refractivity contribution >= 4 is 11.6 Å². The molecule has 1 aliphatic rings. The highest BCUT2D eigenvalue weighted by Crippen LogP contribution is 2.26. The number of carbonyl (C=O) groups is 1. The monoisotopic (exact) mass is 341 g/mol. The lowest BCUT2D eigenvalue weighted by Crippen LogP contribution is -2.31. The minimum atomic E-state index is -0.0210. The van der Waals surface area contributed by atoms with Gasteiger partial charge in [0.2, 0.25) is 5.91 Å². The average molecular weight is 341 g/mol. The molecule has 134 valence electrons. The van der Waals surface area contributed by atoms with Gasteiger partial charge in [0.25, 0.3) is 0 Å². The molecule has 1 aromatic heterocycles. The SMILES string of the molecule is Cc1ccc(C)c(-n2ncc(NC(=O)[C@H](C)C3CCOCC3)c2C)c1. The fraction of sp³-hybridized carbons (Fsp3) is 0.500. The Bertz CT molecular complexity index is 760. The van der Waals surface area contributed by atoms with Crippen LogP contribution in [0.15, 0.2) is 24.4 Å². The minimum absolute atomic E-state index is 0.0210. The van der Waals surface area contributed by atoms with Crippen molar-refractivity contribution in [2.45, 2.75) is 40.5 Å². The number of benzene rings is 1. The number of aryl methyl sites for hydroxylation is 2. The molecule has 5 heteroatoms. The van der Waals surface area contributed by atoms with Crippen LogP contribution in [-0.2, 0) is 9.53 Å². The maximum atomic E-state index is 12.6. The van der Waals surface area contributed by atoms with Gasteiger partial charge in [-0.25, -0.2) is 4.68 Å². The lowest BCUT2D eigenvalue weighted by atomic mass is 9.87. The van der Waals surface area contributed by atoms with Crippen molar-refractivity contribution in [1.82, 2.24) is 9.78 Å². The Hall–Kier alpha value is -2.14. The van der Waals surface area contributed by atoms with Gasteiger partial charge in [0.1, 0.15) is 0 Å². The predicted octanol–water partition coefficient (Wildman–Crippen LogP) is 3.80. The van der Waals surface area contributed by atoms with Gasteiger partial charge in [-0.2, -0.15) is 5.10 Å². The van der Waals surface area contributed by atoms with E-state index in [9.17, 15) is 4.79 Å². The Morgan fingerprint density at radius 1 is 1.28 bits per heavy atom. The number of carbonyl (C=O) groups excluding carboxylic acids is 1. The maximum Gasteiger partial charge on any atom is 0.227 e. The van der Waals surface area contributed by atoms with Gasteiger partial charge in [-0.15, -0.1) is 0 Å². The van der Waals surface area contributed by atoms with Gasteiger partial charge in [-0.1, -0.05) is 19.1 Å². The molecule has 5 nitrogen and oxygen atoms in total. The fourth-order valence-electron chi connectivity index (χ4n) is 3.40. The van der Waals surface area contributed by atoms with Gasteiger partial charge in [0, 0.05) is 19.1 Å². The molecule has 0 radical (unpaired) electrons. The van der Waals surface area contributed by atoms with Gasteiger partial charge in [0.05, 0.1) is 23.3 Å². The molecule has 25 heavy (non-hydrogen) atoms. The molecule has 0 aliphatic carbocycles. The molecular formula is C20H27N3O2. The Balaban J connectivity index is 1.77. The third-order valence-electron chi connectivity index (χ3n) is 5.25. The molecule has 1 fully saturated rings. The van der Waals surface area contributed by atoms with Crippen molar-refractivity contribution in [3.8, 4) is 5.69 Å². The van der Waals surface area contributed by atoms with E-state index in [1.165, 1.54) is 5.56 Å². The topological polar surface area (TPSA) is 56.2 Å². The van der Waals surface area contributed by atoms with Crippen LogP contribution < -0.4 is 5.32 Å². The van der Waals surface area contributed by atoms with Crippen LogP contribution in [0.1, 0.15) is 36.6 Å². The van der Waals surface area contributed by atoms with Crippen LogP contribution >= 0.6 is 0 Å². The second-order valence-corrected chi connectivity index (χ2v) is 7.07. The number of hydrogen-bond acceptors (Lipinski definition) is 3. The zero-order valence-electron chi connectivity index (χ0n) is 15.5. The van der Waals surface area contributed by atoms with Crippen LogP contribution in [0.25, 0.3) is 5.69 Å². The van der Waals surface area contributed by atoms with Gasteiger partial charge in [-0.3, -0.25) is 4.79 Å². The lowest BCUT2D eigenvalue weighted by molar-refractivity contribution is -0.122. The second kappa shape index (κ2) is 7.40. The second-order valence-electron chi connectivity index (χ2n) is 7.07. The van der Waals surface area contributed by atoms with Crippen LogP contribution in [0, 0.1) is 32.6 Å². The van der Waals surface area contributed by atoms with E-state index in [1.807, 2.05) is 18.5 Å². The van der Waals surface area contributed by atoms with Crippen LogP contribution in [-0.4, -0.2) is 28.9 Å². The molecule has 1 N–H and O–H groups in total. The number of nitrogens with zero attached hydrogens (tertiary/aromatic N) is 2. The Kier molecular flexibility index (Phi) is 5.23. The van der Waals surface area contributed by atoms with Gasteiger partial charge < -0.3 is 10.1 Å². The molecule has 1 amide bonds. The molecule has 3 rings (SSSR count). The first-order chi connectivity index (χ1) is 12.0. The summed E-state index contributed by atoms with van der Waals surface area (Å²) in [4.78, 5) is 12.6. The van der Waals surface area contributed by atoms with Crippen molar-refractivity contribution < 1.29 is 9.53 Å². The summed E-state index contributed by atoms with van der Waals surface area (Å²) in [6, 6.07) is 6.30. The van der Waals surface area contributed by atoms with Crippen LogP contribution in [0.4, 0.5) is 5.69 Å². The first-order valence-corrected chi connectivity index (χ1v) is 8.98. The predicted molar refractivity (Wildman–Crippen MR) is 99.1 cm³/mol. The fourth-order valence-corrected chi connectivity index (χ4v) is 3.40. The molecule has 1 aliphatic heterocycles. The van der Waals surface area contributed by atoms with Gasteiger partial charge in [0.15, 0.2) is 0 Å². The van der Waals surface area contributed by atoms with E-state index in [2.05, 4.69) is 42.5 Å². The molecule has 0 saturated carbocycles. The zero-order valence-corrected chi connectivity index (χ0v) is 15.5. The molecule has 0 unspecified atom stereocenters. The van der Waals surface area contributed by atoms with E-state index in [0.29, 0.717) is 5.92 Å². The average Bonchev–Trinajstić information content (AvgIpc) is 2.97. The molecule has 0 bridgehead atoms. The summed E-state index contributed by atoms with van der Waals surface area (Å²) in [7, 11) is 0. The first kappa shape index (κ1) is 17.7. The number of anilines is 1. The van der Waals surface area contributed by atoms with Gasteiger partial charge >= 0.3 is 0 Å². The van der Waals surface area contributed by atoms with E-state index in [-0.39, 0.29) is 11.8 Å². The summed E-state index contributed by atoms with van der Waals surface area (Å²) in [5.41, 5.74) is 5.13. The minimum Gasteiger partial charge on any atom is -0.381 e. The normalized spacial score (nSPS) is 16.6. The van der Waals surface area contributed by atoms with E-state index in [4.69, 9.17) is 4.74 Å². The van der Waals surface area contributed by atoms with Crippen LogP contribution in [0.2, 0.25) is 0 Å². The third kappa shape index (κ3) is 3.76. The number of rotatable bonds is 4. The Labute approximate surface area is 149 Å². The highest BCUT2D eigenvalue weighted by molar-refractivity contribution is 5.93. The van der Waals surface area contributed by atoms with Crippen molar-refractivity contribution in [2.24, 2.45) is 11.8 Å². The Morgan fingerprint density at radius 2 is 2.00 bits per heavy atom. The van der Waals surface area contributed by atoms with Gasteiger partial charge in [-0.05, 0) is 56.7 Å². The summed E-state index contributed by atoms with van der Waals surface area (Å²) in [5, 5.41) is 7.56. The van der Waals surface area contributed by atoms with Crippen LogP contribution in [0.3, 0.4) is 0 Å². The van der Waals surface area contributed by atoms with E-state index in [1.54, 1.807) is 6.20 Å². The molecule has 1 aromatic carbocycles. The lowest BCUT2D eigenvalue weighted by Gasteiger charge is -2.26. The molecule has 0 spiro atoms. The van der Waals surface area contributed by atoms with E-state index >= 15 is 0 Å². The van der Waals surface area contributed by atoms with E-state index in [0.717, 1.165) is 48.7 Å². The molecule has 2 aromatic rings. The number of hydrogen-bond donors (Lipinski definition) is 1. The van der Waals surface area contributed by atoms with Crippen molar-refractivity contribution in [1.29, 1.82) is 0 Å². The largest absolute Gasteiger partial charge is 0.381 e. The summed E-state index contributed by atoms with van der Waals surface area (Å²) in [5.74, 6) is 0.436. The maximum absolute atomic E-state index is 12.6. The zero-order chi connectivity index (χ0) is 18.0. The highest BCUT2D eigenvalue weighted by Gasteiger charge is 2.26. The summed E-state index contributed by atoms with van der Waals surface area (Å²) < 4.78 is 7.29. The van der Waals surface area contributed by atoms with E-state index < -0.39 is 0 Å². The molecular weight excluding hydrogens is 314 g/mol. The smallest absolute Gasteiger partial charge is 0.227 e.